The highest BCUT2D eigenvalue weighted by Gasteiger charge is 2.09. The summed E-state index contributed by atoms with van der Waals surface area (Å²) in [5.41, 5.74) is -0.159. The van der Waals surface area contributed by atoms with Crippen molar-refractivity contribution >= 4 is 5.97 Å². The van der Waals surface area contributed by atoms with E-state index in [1.54, 1.807) is 6.92 Å². The second-order valence-electron chi connectivity index (χ2n) is 3.82. The van der Waals surface area contributed by atoms with E-state index in [0.717, 1.165) is 0 Å². The maximum absolute atomic E-state index is 10.8. The van der Waals surface area contributed by atoms with Crippen molar-refractivity contribution in [2.75, 3.05) is 26.4 Å². The molecule has 0 aliphatic carbocycles. The average molecular weight is 204 g/mol. The lowest BCUT2D eigenvalue weighted by molar-refractivity contribution is -0.149. The number of hydrogen-bond donors (Lipinski definition) is 0. The molecular formula is C10H20O4. The van der Waals surface area contributed by atoms with Gasteiger partial charge in [-0.05, 0) is 27.7 Å². The summed E-state index contributed by atoms with van der Waals surface area (Å²) < 4.78 is 15.1. The molecule has 0 atom stereocenters. The van der Waals surface area contributed by atoms with E-state index in [1.165, 1.54) is 0 Å². The molecule has 0 fully saturated rings. The summed E-state index contributed by atoms with van der Waals surface area (Å²) in [5.74, 6) is -0.330. The lowest BCUT2D eigenvalue weighted by Gasteiger charge is -2.19. The highest BCUT2D eigenvalue weighted by atomic mass is 16.6. The van der Waals surface area contributed by atoms with Gasteiger partial charge in [0.05, 0.1) is 25.4 Å². The smallest absolute Gasteiger partial charge is 0.332 e. The second-order valence-corrected chi connectivity index (χ2v) is 3.82. The monoisotopic (exact) mass is 204 g/mol. The van der Waals surface area contributed by atoms with E-state index < -0.39 is 0 Å². The third-order valence-corrected chi connectivity index (χ3v) is 1.29. The third-order valence-electron chi connectivity index (χ3n) is 1.29. The molecule has 0 aromatic rings. The van der Waals surface area contributed by atoms with Crippen molar-refractivity contribution in [1.29, 1.82) is 0 Å². The van der Waals surface area contributed by atoms with Crippen LogP contribution >= 0.6 is 0 Å². The Bertz CT molecular complexity index is 160. The predicted molar refractivity (Wildman–Crippen MR) is 53.2 cm³/mol. The lowest BCUT2D eigenvalue weighted by atomic mass is 10.2. The van der Waals surface area contributed by atoms with Gasteiger partial charge >= 0.3 is 5.97 Å². The van der Waals surface area contributed by atoms with Crippen LogP contribution in [-0.4, -0.2) is 38.0 Å². The van der Waals surface area contributed by atoms with Crippen LogP contribution < -0.4 is 0 Å². The number of rotatable bonds is 6. The molecule has 84 valence electrons. The summed E-state index contributed by atoms with van der Waals surface area (Å²) in [7, 11) is 0. The minimum atomic E-state index is -0.330. The van der Waals surface area contributed by atoms with Gasteiger partial charge in [0.15, 0.2) is 0 Å². The first-order valence-electron chi connectivity index (χ1n) is 4.83. The van der Waals surface area contributed by atoms with E-state index in [4.69, 9.17) is 9.47 Å². The van der Waals surface area contributed by atoms with Crippen LogP contribution in [0.1, 0.15) is 27.7 Å². The Hall–Kier alpha value is -0.610. The second kappa shape index (κ2) is 6.79. The molecule has 0 aliphatic rings. The van der Waals surface area contributed by atoms with Crippen LogP contribution in [0, 0.1) is 0 Å². The van der Waals surface area contributed by atoms with Crippen molar-refractivity contribution in [3.8, 4) is 0 Å². The molecule has 0 N–H and O–H groups in total. The van der Waals surface area contributed by atoms with E-state index >= 15 is 0 Å². The molecule has 4 nitrogen and oxygen atoms in total. The Morgan fingerprint density at radius 3 is 2.36 bits per heavy atom. The Balaban J connectivity index is 3.26. The quantitative estimate of drug-likeness (QED) is 0.484. The van der Waals surface area contributed by atoms with Crippen molar-refractivity contribution in [3.05, 3.63) is 0 Å². The van der Waals surface area contributed by atoms with Crippen LogP contribution in [0.25, 0.3) is 0 Å². The fraction of sp³-hybridized carbons (Fsp3) is 0.900. The summed E-state index contributed by atoms with van der Waals surface area (Å²) in [4.78, 5) is 10.8. The van der Waals surface area contributed by atoms with Crippen LogP contribution in [0.15, 0.2) is 0 Å². The molecule has 14 heavy (non-hydrogen) atoms. The van der Waals surface area contributed by atoms with Crippen molar-refractivity contribution in [1.82, 2.24) is 0 Å². The highest BCUT2D eigenvalue weighted by molar-refractivity contribution is 5.70. The molecule has 0 unspecified atom stereocenters. The number of esters is 1. The topological polar surface area (TPSA) is 44.8 Å². The maximum Gasteiger partial charge on any atom is 0.332 e. The van der Waals surface area contributed by atoms with Crippen LogP contribution in [0.3, 0.4) is 0 Å². The molecule has 0 saturated carbocycles. The molecule has 0 aromatic heterocycles. The van der Waals surface area contributed by atoms with E-state index in [9.17, 15) is 4.79 Å². The fourth-order valence-corrected chi connectivity index (χ4v) is 0.765. The highest BCUT2D eigenvalue weighted by Crippen LogP contribution is 2.05. The SMILES string of the molecule is CCOC(=O)COCCOC(C)(C)C. The first-order valence-corrected chi connectivity index (χ1v) is 4.83. The van der Waals surface area contributed by atoms with Gasteiger partial charge in [0.2, 0.25) is 0 Å². The van der Waals surface area contributed by atoms with Gasteiger partial charge < -0.3 is 14.2 Å². The molecule has 0 aliphatic heterocycles. The normalized spacial score (nSPS) is 11.4. The van der Waals surface area contributed by atoms with Gasteiger partial charge in [-0.15, -0.1) is 0 Å². The largest absolute Gasteiger partial charge is 0.464 e. The third kappa shape index (κ3) is 9.48. The number of carbonyl (C=O) groups excluding carboxylic acids is 1. The molecule has 0 saturated heterocycles. The summed E-state index contributed by atoms with van der Waals surface area (Å²) in [6.45, 7) is 8.97. The van der Waals surface area contributed by atoms with Crippen LogP contribution in [0.4, 0.5) is 0 Å². The van der Waals surface area contributed by atoms with Crippen LogP contribution in [-0.2, 0) is 19.0 Å². The maximum atomic E-state index is 10.8. The number of hydrogen-bond acceptors (Lipinski definition) is 4. The molecule has 0 amide bonds. The molecule has 0 radical (unpaired) electrons. The molecule has 0 aromatic carbocycles. The predicted octanol–water partition coefficient (Wildman–Crippen LogP) is 1.38. The zero-order valence-corrected chi connectivity index (χ0v) is 9.46. The summed E-state index contributed by atoms with van der Waals surface area (Å²) in [6.07, 6.45) is 0. The molecule has 4 heteroatoms. The number of ether oxygens (including phenoxy) is 3. The Kier molecular flexibility index (Phi) is 6.49. The van der Waals surface area contributed by atoms with Gasteiger partial charge in [-0.3, -0.25) is 0 Å². The van der Waals surface area contributed by atoms with Crippen LogP contribution in [0.2, 0.25) is 0 Å². The minimum absolute atomic E-state index is 0.00133. The van der Waals surface area contributed by atoms with E-state index in [0.29, 0.717) is 19.8 Å². The van der Waals surface area contributed by atoms with Crippen molar-refractivity contribution in [2.24, 2.45) is 0 Å². The molecular weight excluding hydrogens is 184 g/mol. The molecule has 0 rings (SSSR count). The van der Waals surface area contributed by atoms with Gasteiger partial charge in [-0.1, -0.05) is 0 Å². The van der Waals surface area contributed by atoms with Gasteiger partial charge in [0.1, 0.15) is 6.61 Å². The molecule has 0 bridgehead atoms. The minimum Gasteiger partial charge on any atom is -0.464 e. The zero-order valence-electron chi connectivity index (χ0n) is 9.46. The Morgan fingerprint density at radius 2 is 1.86 bits per heavy atom. The van der Waals surface area contributed by atoms with E-state index in [-0.39, 0.29) is 18.2 Å². The summed E-state index contributed by atoms with van der Waals surface area (Å²) in [6, 6.07) is 0. The van der Waals surface area contributed by atoms with Gasteiger partial charge in [-0.25, -0.2) is 4.79 Å². The fourth-order valence-electron chi connectivity index (χ4n) is 0.765. The first-order chi connectivity index (χ1) is 6.45. The van der Waals surface area contributed by atoms with Crippen molar-refractivity contribution < 1.29 is 19.0 Å². The Morgan fingerprint density at radius 1 is 1.21 bits per heavy atom. The average Bonchev–Trinajstić information content (AvgIpc) is 2.02. The summed E-state index contributed by atoms with van der Waals surface area (Å²) >= 11 is 0. The van der Waals surface area contributed by atoms with Gasteiger partial charge in [-0.2, -0.15) is 0 Å². The van der Waals surface area contributed by atoms with Crippen molar-refractivity contribution in [2.45, 2.75) is 33.3 Å². The molecule has 0 spiro atoms. The van der Waals surface area contributed by atoms with Crippen molar-refractivity contribution in [3.63, 3.8) is 0 Å². The van der Waals surface area contributed by atoms with E-state index in [1.807, 2.05) is 20.8 Å². The Labute approximate surface area is 85.5 Å². The first kappa shape index (κ1) is 13.4. The molecule has 0 heterocycles. The van der Waals surface area contributed by atoms with Crippen LogP contribution in [0.5, 0.6) is 0 Å². The summed E-state index contributed by atoms with van der Waals surface area (Å²) in [5, 5.41) is 0. The standard InChI is InChI=1S/C10H20O4/c1-5-13-9(11)8-12-6-7-14-10(2,3)4/h5-8H2,1-4H3. The number of carbonyl (C=O) groups is 1. The van der Waals surface area contributed by atoms with Gasteiger partial charge in [0, 0.05) is 0 Å². The van der Waals surface area contributed by atoms with E-state index in [2.05, 4.69) is 4.74 Å². The lowest BCUT2D eigenvalue weighted by Crippen LogP contribution is -2.23. The zero-order chi connectivity index (χ0) is 11.0. The van der Waals surface area contributed by atoms with Gasteiger partial charge in [0.25, 0.3) is 0 Å².